The Kier molecular flexibility index (Phi) is 8.55. The minimum atomic E-state index is -0.293. The van der Waals surface area contributed by atoms with Crippen LogP contribution in [0, 0.1) is 5.92 Å². The molecule has 170 valence electrons. The first-order valence-electron chi connectivity index (χ1n) is 11.3. The van der Waals surface area contributed by atoms with Crippen molar-refractivity contribution < 1.29 is 19.1 Å². The molecule has 8 heteroatoms. The Balaban J connectivity index is 1.32. The summed E-state index contributed by atoms with van der Waals surface area (Å²) in [5, 5.41) is 8.43. The molecule has 1 saturated carbocycles. The molecule has 3 N–H and O–H groups in total. The van der Waals surface area contributed by atoms with Gasteiger partial charge in [-0.25, -0.2) is 4.79 Å². The van der Waals surface area contributed by atoms with Crippen molar-refractivity contribution in [2.75, 3.05) is 33.3 Å². The van der Waals surface area contributed by atoms with E-state index >= 15 is 0 Å². The standard InChI is InChI=1S/C23H34N4O4/c1-31-20-9-5-4-8-18(20)14-22(29)27-12-10-19(11-13-27)26-21(28)16-25-23(30)24-15-17-6-2-3-7-17/h4-5,8-9,17,19H,2-3,6-7,10-16H2,1H3,(H,26,28)(H2,24,25,30). The SMILES string of the molecule is COc1ccccc1CC(=O)N1CCC(NC(=O)CNC(=O)NCC2CCCC2)CC1. The van der Waals surface area contributed by atoms with Gasteiger partial charge in [0, 0.05) is 31.2 Å². The Morgan fingerprint density at radius 2 is 1.74 bits per heavy atom. The third kappa shape index (κ3) is 7.15. The van der Waals surface area contributed by atoms with E-state index in [0.29, 0.717) is 44.8 Å². The molecule has 2 aliphatic rings. The molecule has 0 bridgehead atoms. The van der Waals surface area contributed by atoms with Crippen LogP contribution in [0.15, 0.2) is 24.3 Å². The average molecular weight is 431 g/mol. The maximum absolute atomic E-state index is 12.6. The molecule has 0 radical (unpaired) electrons. The van der Waals surface area contributed by atoms with Crippen molar-refractivity contribution >= 4 is 17.8 Å². The van der Waals surface area contributed by atoms with Crippen molar-refractivity contribution in [3.05, 3.63) is 29.8 Å². The summed E-state index contributed by atoms with van der Waals surface area (Å²) in [6.07, 6.45) is 6.53. The number of methoxy groups -OCH3 is 1. The van der Waals surface area contributed by atoms with Crippen LogP contribution in [0.1, 0.15) is 44.1 Å². The molecular weight excluding hydrogens is 396 g/mol. The number of para-hydroxylation sites is 1. The van der Waals surface area contributed by atoms with Crippen molar-refractivity contribution in [3.63, 3.8) is 0 Å². The topological polar surface area (TPSA) is 99.8 Å². The molecule has 1 aliphatic heterocycles. The highest BCUT2D eigenvalue weighted by Crippen LogP contribution is 2.23. The molecule has 1 saturated heterocycles. The predicted molar refractivity (Wildman–Crippen MR) is 118 cm³/mol. The molecule has 4 amide bonds. The monoisotopic (exact) mass is 430 g/mol. The van der Waals surface area contributed by atoms with Crippen molar-refractivity contribution in [1.29, 1.82) is 0 Å². The third-order valence-electron chi connectivity index (χ3n) is 6.18. The lowest BCUT2D eigenvalue weighted by Gasteiger charge is -2.32. The second kappa shape index (κ2) is 11.6. The molecule has 8 nitrogen and oxygen atoms in total. The second-order valence-corrected chi connectivity index (χ2v) is 8.43. The Labute approximate surface area is 184 Å². The lowest BCUT2D eigenvalue weighted by molar-refractivity contribution is -0.131. The van der Waals surface area contributed by atoms with Crippen molar-refractivity contribution in [2.45, 2.75) is 51.0 Å². The number of rotatable bonds is 8. The van der Waals surface area contributed by atoms with Crippen LogP contribution in [-0.2, 0) is 16.0 Å². The highest BCUT2D eigenvalue weighted by Gasteiger charge is 2.24. The number of carbonyl (C=O) groups excluding carboxylic acids is 3. The van der Waals surface area contributed by atoms with Gasteiger partial charge < -0.3 is 25.6 Å². The Morgan fingerprint density at radius 1 is 1.03 bits per heavy atom. The second-order valence-electron chi connectivity index (χ2n) is 8.43. The fraction of sp³-hybridized carbons (Fsp3) is 0.609. The van der Waals surface area contributed by atoms with Crippen LogP contribution in [0.3, 0.4) is 0 Å². The summed E-state index contributed by atoms with van der Waals surface area (Å²) < 4.78 is 5.32. The molecule has 0 aromatic heterocycles. The molecule has 2 fully saturated rings. The summed E-state index contributed by atoms with van der Waals surface area (Å²) in [5.74, 6) is 1.15. The molecule has 1 aromatic carbocycles. The normalized spacial score (nSPS) is 17.3. The highest BCUT2D eigenvalue weighted by molar-refractivity contribution is 5.84. The van der Waals surface area contributed by atoms with Crippen molar-refractivity contribution in [3.8, 4) is 5.75 Å². The van der Waals surface area contributed by atoms with Crippen LogP contribution in [0.4, 0.5) is 4.79 Å². The first-order valence-corrected chi connectivity index (χ1v) is 11.3. The van der Waals surface area contributed by atoms with Crippen LogP contribution in [-0.4, -0.2) is 62.1 Å². The summed E-state index contributed by atoms with van der Waals surface area (Å²) in [7, 11) is 1.60. The lowest BCUT2D eigenvalue weighted by Crippen LogP contribution is -2.49. The Hall–Kier alpha value is -2.77. The quantitative estimate of drug-likeness (QED) is 0.586. The van der Waals surface area contributed by atoms with Gasteiger partial charge in [-0.15, -0.1) is 0 Å². The number of amides is 4. The van der Waals surface area contributed by atoms with Crippen molar-refractivity contribution in [2.24, 2.45) is 5.92 Å². The van der Waals surface area contributed by atoms with Crippen LogP contribution >= 0.6 is 0 Å². The number of ether oxygens (including phenoxy) is 1. The zero-order valence-electron chi connectivity index (χ0n) is 18.3. The number of benzene rings is 1. The van der Waals surface area contributed by atoms with Gasteiger partial charge in [0.05, 0.1) is 20.1 Å². The van der Waals surface area contributed by atoms with E-state index in [2.05, 4.69) is 16.0 Å². The van der Waals surface area contributed by atoms with Gasteiger partial charge in [0.1, 0.15) is 5.75 Å². The van der Waals surface area contributed by atoms with Gasteiger partial charge in [-0.2, -0.15) is 0 Å². The van der Waals surface area contributed by atoms with Crippen LogP contribution < -0.4 is 20.7 Å². The summed E-state index contributed by atoms with van der Waals surface area (Å²) in [4.78, 5) is 38.5. The van der Waals surface area contributed by atoms with Gasteiger partial charge in [-0.3, -0.25) is 9.59 Å². The molecule has 3 rings (SSSR count). The minimum absolute atomic E-state index is 0.0196. The van der Waals surface area contributed by atoms with Crippen LogP contribution in [0.5, 0.6) is 5.75 Å². The number of hydrogen-bond acceptors (Lipinski definition) is 4. The lowest BCUT2D eigenvalue weighted by atomic mass is 10.0. The van der Waals surface area contributed by atoms with E-state index in [1.165, 1.54) is 25.7 Å². The smallest absolute Gasteiger partial charge is 0.315 e. The first kappa shape index (κ1) is 22.9. The summed E-state index contributed by atoms with van der Waals surface area (Å²) in [6.45, 7) is 1.85. The van der Waals surface area contributed by atoms with Gasteiger partial charge in [0.15, 0.2) is 0 Å². The maximum atomic E-state index is 12.6. The van der Waals surface area contributed by atoms with Crippen molar-refractivity contribution in [1.82, 2.24) is 20.9 Å². The van der Waals surface area contributed by atoms with E-state index in [9.17, 15) is 14.4 Å². The maximum Gasteiger partial charge on any atom is 0.315 e. The molecule has 1 heterocycles. The fourth-order valence-corrected chi connectivity index (χ4v) is 4.35. The largest absolute Gasteiger partial charge is 0.496 e. The van der Waals surface area contributed by atoms with E-state index in [-0.39, 0.29) is 30.4 Å². The summed E-state index contributed by atoms with van der Waals surface area (Å²) in [5.41, 5.74) is 0.878. The van der Waals surface area contributed by atoms with Gasteiger partial charge in [-0.05, 0) is 37.7 Å². The van der Waals surface area contributed by atoms with E-state index < -0.39 is 0 Å². The first-order chi connectivity index (χ1) is 15.0. The summed E-state index contributed by atoms with van der Waals surface area (Å²) >= 11 is 0. The fourth-order valence-electron chi connectivity index (χ4n) is 4.35. The average Bonchev–Trinajstić information content (AvgIpc) is 3.31. The van der Waals surface area contributed by atoms with Gasteiger partial charge in [0.25, 0.3) is 0 Å². The van der Waals surface area contributed by atoms with Crippen LogP contribution in [0.2, 0.25) is 0 Å². The molecule has 1 aromatic rings. The number of piperidine rings is 1. The van der Waals surface area contributed by atoms with Crippen LogP contribution in [0.25, 0.3) is 0 Å². The highest BCUT2D eigenvalue weighted by atomic mass is 16.5. The predicted octanol–water partition coefficient (Wildman–Crippen LogP) is 1.83. The molecule has 0 unspecified atom stereocenters. The zero-order valence-corrected chi connectivity index (χ0v) is 18.3. The molecular formula is C23H34N4O4. The molecule has 1 aliphatic carbocycles. The van der Waals surface area contributed by atoms with Gasteiger partial charge >= 0.3 is 6.03 Å². The number of hydrogen-bond donors (Lipinski definition) is 3. The Bertz CT molecular complexity index is 756. The number of nitrogens with one attached hydrogen (secondary N) is 3. The zero-order chi connectivity index (χ0) is 22.1. The van der Waals surface area contributed by atoms with Gasteiger partial charge in [0.2, 0.25) is 11.8 Å². The number of urea groups is 1. The Morgan fingerprint density at radius 3 is 2.45 bits per heavy atom. The molecule has 0 atom stereocenters. The van der Waals surface area contributed by atoms with E-state index in [0.717, 1.165) is 11.3 Å². The van der Waals surface area contributed by atoms with Gasteiger partial charge in [-0.1, -0.05) is 31.0 Å². The molecule has 0 spiro atoms. The minimum Gasteiger partial charge on any atom is -0.496 e. The number of carbonyl (C=O) groups is 3. The van der Waals surface area contributed by atoms with E-state index in [1.807, 2.05) is 29.2 Å². The summed E-state index contributed by atoms with van der Waals surface area (Å²) in [6, 6.07) is 7.27. The number of likely N-dealkylation sites (tertiary alicyclic amines) is 1. The van der Waals surface area contributed by atoms with E-state index in [1.54, 1.807) is 7.11 Å². The third-order valence-corrected chi connectivity index (χ3v) is 6.18. The van der Waals surface area contributed by atoms with E-state index in [4.69, 9.17) is 4.74 Å². The number of nitrogens with zero attached hydrogens (tertiary/aromatic N) is 1. The molecule has 31 heavy (non-hydrogen) atoms.